The summed E-state index contributed by atoms with van der Waals surface area (Å²) in [4.78, 5) is 23.9. The van der Waals surface area contributed by atoms with Crippen LogP contribution in [0.3, 0.4) is 0 Å². The summed E-state index contributed by atoms with van der Waals surface area (Å²) < 4.78 is 13.1. The molecule has 5 heteroatoms. The van der Waals surface area contributed by atoms with Crippen LogP contribution in [-0.4, -0.2) is 18.2 Å². The SMILES string of the molecule is CC(=O)c1ccccc1NC(=O)CN[C@H](c1ccc(F)cc1)C(C)C. The van der Waals surface area contributed by atoms with E-state index < -0.39 is 0 Å². The van der Waals surface area contributed by atoms with Crippen molar-refractivity contribution in [3.63, 3.8) is 0 Å². The molecule has 2 aromatic rings. The monoisotopic (exact) mass is 342 g/mol. The quantitative estimate of drug-likeness (QED) is 0.749. The highest BCUT2D eigenvalue weighted by Gasteiger charge is 2.17. The molecule has 0 fully saturated rings. The average Bonchev–Trinajstić information content (AvgIpc) is 2.56. The van der Waals surface area contributed by atoms with E-state index in [1.807, 2.05) is 13.8 Å². The van der Waals surface area contributed by atoms with Gasteiger partial charge in [0.15, 0.2) is 5.78 Å². The van der Waals surface area contributed by atoms with E-state index in [1.54, 1.807) is 36.4 Å². The molecule has 132 valence electrons. The molecule has 0 aliphatic carbocycles. The first kappa shape index (κ1) is 18.8. The summed E-state index contributed by atoms with van der Waals surface area (Å²) in [7, 11) is 0. The molecule has 0 unspecified atom stereocenters. The van der Waals surface area contributed by atoms with Crippen molar-refractivity contribution < 1.29 is 14.0 Å². The number of ketones is 1. The first-order valence-electron chi connectivity index (χ1n) is 8.27. The largest absolute Gasteiger partial charge is 0.324 e. The van der Waals surface area contributed by atoms with Crippen LogP contribution < -0.4 is 10.6 Å². The Balaban J connectivity index is 2.02. The fourth-order valence-electron chi connectivity index (χ4n) is 2.70. The number of Topliss-reactive ketones (excluding diaryl/α,β-unsaturated/α-hetero) is 1. The van der Waals surface area contributed by atoms with Gasteiger partial charge in [0.25, 0.3) is 0 Å². The van der Waals surface area contributed by atoms with Gasteiger partial charge in [0.1, 0.15) is 5.82 Å². The predicted molar refractivity (Wildman–Crippen MR) is 97.1 cm³/mol. The Morgan fingerprint density at radius 1 is 1.04 bits per heavy atom. The summed E-state index contributed by atoms with van der Waals surface area (Å²) in [5.74, 6) is -0.399. The van der Waals surface area contributed by atoms with Crippen LogP contribution in [0.15, 0.2) is 48.5 Å². The predicted octanol–water partition coefficient (Wildman–Crippen LogP) is 3.95. The van der Waals surface area contributed by atoms with Gasteiger partial charge in [-0.1, -0.05) is 38.1 Å². The zero-order valence-corrected chi connectivity index (χ0v) is 14.7. The van der Waals surface area contributed by atoms with Crippen LogP contribution >= 0.6 is 0 Å². The fraction of sp³-hybridized carbons (Fsp3) is 0.300. The third kappa shape index (κ3) is 5.22. The van der Waals surface area contributed by atoms with Crippen molar-refractivity contribution in [3.05, 3.63) is 65.5 Å². The molecule has 0 aromatic heterocycles. The van der Waals surface area contributed by atoms with Crippen molar-refractivity contribution in [1.29, 1.82) is 0 Å². The molecule has 2 aromatic carbocycles. The lowest BCUT2D eigenvalue weighted by Crippen LogP contribution is -2.33. The normalized spacial score (nSPS) is 12.0. The molecular weight excluding hydrogens is 319 g/mol. The van der Waals surface area contributed by atoms with Crippen LogP contribution in [0, 0.1) is 11.7 Å². The molecule has 4 nitrogen and oxygen atoms in total. The maximum Gasteiger partial charge on any atom is 0.238 e. The fourth-order valence-corrected chi connectivity index (χ4v) is 2.70. The van der Waals surface area contributed by atoms with E-state index in [-0.39, 0.29) is 36.0 Å². The van der Waals surface area contributed by atoms with Crippen LogP contribution in [0.5, 0.6) is 0 Å². The van der Waals surface area contributed by atoms with Crippen molar-refractivity contribution in [2.75, 3.05) is 11.9 Å². The Hall–Kier alpha value is -2.53. The molecule has 1 atom stereocenters. The van der Waals surface area contributed by atoms with Gasteiger partial charge >= 0.3 is 0 Å². The summed E-state index contributed by atoms with van der Waals surface area (Å²) in [5, 5.41) is 5.97. The van der Waals surface area contributed by atoms with E-state index in [0.717, 1.165) is 5.56 Å². The number of hydrogen-bond donors (Lipinski definition) is 2. The van der Waals surface area contributed by atoms with Gasteiger partial charge in [0, 0.05) is 11.6 Å². The summed E-state index contributed by atoms with van der Waals surface area (Å²) in [5.41, 5.74) is 1.91. The molecule has 2 N–H and O–H groups in total. The topological polar surface area (TPSA) is 58.2 Å². The number of amides is 1. The molecule has 25 heavy (non-hydrogen) atoms. The number of anilines is 1. The van der Waals surface area contributed by atoms with Gasteiger partial charge in [-0.25, -0.2) is 4.39 Å². The standard InChI is InChI=1S/C20H23FN2O2/c1-13(2)20(15-8-10-16(21)11-9-15)22-12-19(25)23-18-7-5-4-6-17(18)14(3)24/h4-11,13,20,22H,12H2,1-3H3,(H,23,25)/t20-/m0/s1. The van der Waals surface area contributed by atoms with Crippen molar-refractivity contribution in [2.45, 2.75) is 26.8 Å². The number of benzene rings is 2. The molecule has 2 rings (SSSR count). The Kier molecular flexibility index (Phi) is 6.42. The van der Waals surface area contributed by atoms with E-state index in [1.165, 1.54) is 19.1 Å². The van der Waals surface area contributed by atoms with E-state index in [0.29, 0.717) is 11.3 Å². The molecule has 1 amide bonds. The number of hydrogen-bond acceptors (Lipinski definition) is 3. The van der Waals surface area contributed by atoms with Gasteiger partial charge in [-0.2, -0.15) is 0 Å². The van der Waals surface area contributed by atoms with Crippen molar-refractivity contribution >= 4 is 17.4 Å². The summed E-state index contributed by atoms with van der Waals surface area (Å²) in [6, 6.07) is 13.1. The summed E-state index contributed by atoms with van der Waals surface area (Å²) in [6.07, 6.45) is 0. The maximum atomic E-state index is 13.1. The minimum Gasteiger partial charge on any atom is -0.324 e. The summed E-state index contributed by atoms with van der Waals surface area (Å²) in [6.45, 7) is 5.62. The van der Waals surface area contributed by atoms with Gasteiger partial charge in [-0.05, 0) is 42.7 Å². The van der Waals surface area contributed by atoms with Gasteiger partial charge < -0.3 is 10.6 Å². The molecule has 0 saturated heterocycles. The van der Waals surface area contributed by atoms with Crippen molar-refractivity contribution in [2.24, 2.45) is 5.92 Å². The number of rotatable bonds is 7. The smallest absolute Gasteiger partial charge is 0.238 e. The minimum absolute atomic E-state index is 0.0746. The highest BCUT2D eigenvalue weighted by atomic mass is 19.1. The molecule has 0 heterocycles. The molecule has 0 aliphatic heterocycles. The number of nitrogens with one attached hydrogen (secondary N) is 2. The van der Waals surface area contributed by atoms with E-state index in [2.05, 4.69) is 10.6 Å². The zero-order valence-electron chi connectivity index (χ0n) is 14.7. The third-order valence-corrected chi connectivity index (χ3v) is 3.96. The van der Waals surface area contributed by atoms with Gasteiger partial charge in [0.05, 0.1) is 12.2 Å². The molecular formula is C20H23FN2O2. The van der Waals surface area contributed by atoms with Crippen LogP contribution in [0.2, 0.25) is 0 Å². The Bertz CT molecular complexity index is 742. The second-order valence-corrected chi connectivity index (χ2v) is 6.30. The molecule has 0 radical (unpaired) electrons. The molecule has 0 saturated carbocycles. The van der Waals surface area contributed by atoms with E-state index in [9.17, 15) is 14.0 Å². The average molecular weight is 342 g/mol. The highest BCUT2D eigenvalue weighted by Crippen LogP contribution is 2.22. The molecule has 0 aliphatic rings. The first-order chi connectivity index (χ1) is 11.9. The van der Waals surface area contributed by atoms with Crippen LogP contribution in [0.1, 0.15) is 42.7 Å². The Morgan fingerprint density at radius 2 is 1.68 bits per heavy atom. The lowest BCUT2D eigenvalue weighted by atomic mass is 9.96. The highest BCUT2D eigenvalue weighted by molar-refractivity contribution is 6.04. The lowest BCUT2D eigenvalue weighted by molar-refractivity contribution is -0.115. The summed E-state index contributed by atoms with van der Waals surface area (Å²) >= 11 is 0. The third-order valence-electron chi connectivity index (χ3n) is 3.96. The molecule has 0 bridgehead atoms. The molecule has 0 spiro atoms. The second-order valence-electron chi connectivity index (χ2n) is 6.30. The second kappa shape index (κ2) is 8.53. The number of halogens is 1. The number of carbonyl (C=O) groups is 2. The Labute approximate surface area is 147 Å². The van der Waals surface area contributed by atoms with Crippen molar-refractivity contribution in [3.8, 4) is 0 Å². The van der Waals surface area contributed by atoms with Gasteiger partial charge in [-0.15, -0.1) is 0 Å². The van der Waals surface area contributed by atoms with Crippen LogP contribution in [0.4, 0.5) is 10.1 Å². The minimum atomic E-state index is -0.287. The first-order valence-corrected chi connectivity index (χ1v) is 8.27. The van der Waals surface area contributed by atoms with E-state index >= 15 is 0 Å². The van der Waals surface area contributed by atoms with Crippen molar-refractivity contribution in [1.82, 2.24) is 5.32 Å². The van der Waals surface area contributed by atoms with Gasteiger partial charge in [0.2, 0.25) is 5.91 Å². The lowest BCUT2D eigenvalue weighted by Gasteiger charge is -2.23. The van der Waals surface area contributed by atoms with Gasteiger partial charge in [-0.3, -0.25) is 9.59 Å². The van der Waals surface area contributed by atoms with Crippen LogP contribution in [0.25, 0.3) is 0 Å². The number of carbonyl (C=O) groups excluding carboxylic acids is 2. The van der Waals surface area contributed by atoms with E-state index in [4.69, 9.17) is 0 Å². The number of para-hydroxylation sites is 1. The maximum absolute atomic E-state index is 13.1. The van der Waals surface area contributed by atoms with Crippen LogP contribution in [-0.2, 0) is 4.79 Å². The zero-order chi connectivity index (χ0) is 18.4. The Morgan fingerprint density at radius 3 is 2.28 bits per heavy atom.